The van der Waals surface area contributed by atoms with E-state index in [4.69, 9.17) is 23.2 Å². The molecule has 0 N–H and O–H groups in total. The molecule has 0 saturated carbocycles. The minimum Gasteiger partial charge on any atom is -0.275 e. The van der Waals surface area contributed by atoms with E-state index in [-0.39, 0.29) is 22.0 Å². The van der Waals surface area contributed by atoms with E-state index in [0.717, 1.165) is 12.1 Å². The van der Waals surface area contributed by atoms with Crippen molar-refractivity contribution in [2.75, 3.05) is 0 Å². The summed E-state index contributed by atoms with van der Waals surface area (Å²) in [6.45, 7) is 0. The van der Waals surface area contributed by atoms with Gasteiger partial charge in [-0.25, -0.2) is 13.2 Å². The van der Waals surface area contributed by atoms with Crippen molar-refractivity contribution >= 4 is 23.2 Å². The highest BCUT2D eigenvalue weighted by Crippen LogP contribution is 2.33. The van der Waals surface area contributed by atoms with Crippen LogP contribution in [0.3, 0.4) is 0 Å². The zero-order valence-electron chi connectivity index (χ0n) is 12.5. The Morgan fingerprint density at radius 1 is 0.958 bits per heavy atom. The Labute approximate surface area is 146 Å². The molecule has 0 bridgehead atoms. The van der Waals surface area contributed by atoms with E-state index in [1.54, 1.807) is 17.9 Å². The van der Waals surface area contributed by atoms with Gasteiger partial charge in [-0.05, 0) is 24.3 Å². The van der Waals surface area contributed by atoms with Gasteiger partial charge >= 0.3 is 0 Å². The molecule has 124 valence electrons. The monoisotopic (exact) mass is 370 g/mol. The van der Waals surface area contributed by atoms with Crippen LogP contribution in [0.1, 0.15) is 11.3 Å². The molecule has 3 rings (SSSR count). The lowest BCUT2D eigenvalue weighted by molar-refractivity contribution is 0.574. The number of hydrogen-bond acceptors (Lipinski definition) is 1. The number of benzene rings is 2. The van der Waals surface area contributed by atoms with Gasteiger partial charge in [-0.1, -0.05) is 23.2 Å². The highest BCUT2D eigenvalue weighted by atomic mass is 35.5. The number of aromatic nitrogens is 2. The van der Waals surface area contributed by atoms with Crippen molar-refractivity contribution in [3.63, 3.8) is 0 Å². The molecule has 7 heteroatoms. The number of rotatable bonds is 3. The molecular weight excluding hydrogens is 360 g/mol. The van der Waals surface area contributed by atoms with Gasteiger partial charge in [-0.15, -0.1) is 0 Å². The van der Waals surface area contributed by atoms with E-state index in [0.29, 0.717) is 16.8 Å². The van der Waals surface area contributed by atoms with E-state index >= 15 is 0 Å². The van der Waals surface area contributed by atoms with Gasteiger partial charge in [0, 0.05) is 47.4 Å². The van der Waals surface area contributed by atoms with Crippen LogP contribution < -0.4 is 0 Å². The first-order valence-electron chi connectivity index (χ1n) is 6.96. The van der Waals surface area contributed by atoms with Crippen molar-refractivity contribution in [3.8, 4) is 11.1 Å². The zero-order valence-corrected chi connectivity index (χ0v) is 14.0. The summed E-state index contributed by atoms with van der Waals surface area (Å²) in [5.74, 6) is -1.95. The van der Waals surface area contributed by atoms with Crippen molar-refractivity contribution in [1.29, 1.82) is 0 Å². The number of aryl methyl sites for hydroxylation is 1. The van der Waals surface area contributed by atoms with E-state index in [1.165, 1.54) is 18.2 Å². The highest BCUT2D eigenvalue weighted by Gasteiger charge is 2.18. The maximum atomic E-state index is 14.0. The van der Waals surface area contributed by atoms with Crippen LogP contribution in [0, 0.1) is 17.5 Å². The fourth-order valence-corrected chi connectivity index (χ4v) is 3.04. The van der Waals surface area contributed by atoms with E-state index < -0.39 is 17.5 Å². The van der Waals surface area contributed by atoms with Crippen LogP contribution in [0.4, 0.5) is 13.2 Å². The van der Waals surface area contributed by atoms with Gasteiger partial charge in [0.05, 0.1) is 10.7 Å². The van der Waals surface area contributed by atoms with Gasteiger partial charge in [0.1, 0.15) is 17.5 Å². The molecule has 24 heavy (non-hydrogen) atoms. The molecule has 0 spiro atoms. The molecule has 0 saturated heterocycles. The normalized spacial score (nSPS) is 11.1. The third-order valence-corrected chi connectivity index (χ3v) is 4.23. The summed E-state index contributed by atoms with van der Waals surface area (Å²) in [6, 6.07) is 5.82. The maximum absolute atomic E-state index is 14.0. The van der Waals surface area contributed by atoms with Crippen LogP contribution in [-0.4, -0.2) is 9.78 Å². The predicted molar refractivity (Wildman–Crippen MR) is 87.8 cm³/mol. The summed E-state index contributed by atoms with van der Waals surface area (Å²) < 4.78 is 42.0. The topological polar surface area (TPSA) is 17.8 Å². The molecule has 0 fully saturated rings. The minimum absolute atomic E-state index is 0.0192. The Balaban J connectivity index is 2.08. The first kappa shape index (κ1) is 16.9. The SMILES string of the molecule is Cn1cc(-c2ccc(F)cc2Cl)c(Cc2c(F)cc(F)cc2Cl)n1. The first-order valence-corrected chi connectivity index (χ1v) is 7.72. The van der Waals surface area contributed by atoms with Gasteiger partial charge in [0.25, 0.3) is 0 Å². The summed E-state index contributed by atoms with van der Waals surface area (Å²) in [6.07, 6.45) is 1.75. The van der Waals surface area contributed by atoms with Crippen molar-refractivity contribution in [2.24, 2.45) is 7.05 Å². The van der Waals surface area contributed by atoms with Crippen LogP contribution in [0.2, 0.25) is 10.0 Å². The van der Waals surface area contributed by atoms with E-state index in [9.17, 15) is 13.2 Å². The molecule has 0 aliphatic heterocycles. The lowest BCUT2D eigenvalue weighted by atomic mass is 10.0. The third-order valence-electron chi connectivity index (χ3n) is 3.58. The predicted octanol–water partition coefficient (Wildman–Crippen LogP) is 5.40. The lowest BCUT2D eigenvalue weighted by Gasteiger charge is -2.08. The van der Waals surface area contributed by atoms with Gasteiger partial charge < -0.3 is 0 Å². The Morgan fingerprint density at radius 2 is 1.67 bits per heavy atom. The maximum Gasteiger partial charge on any atom is 0.131 e. The molecule has 0 aliphatic rings. The molecule has 0 amide bonds. The van der Waals surface area contributed by atoms with Crippen LogP contribution >= 0.6 is 23.2 Å². The van der Waals surface area contributed by atoms with Gasteiger partial charge in [-0.3, -0.25) is 4.68 Å². The Hall–Kier alpha value is -1.98. The minimum atomic E-state index is -0.748. The third kappa shape index (κ3) is 3.28. The first-order chi connectivity index (χ1) is 11.3. The van der Waals surface area contributed by atoms with E-state index in [1.807, 2.05) is 0 Å². The average Bonchev–Trinajstić information content (AvgIpc) is 2.83. The van der Waals surface area contributed by atoms with Crippen LogP contribution in [0.5, 0.6) is 0 Å². The number of hydrogen-bond donors (Lipinski definition) is 0. The van der Waals surface area contributed by atoms with Gasteiger partial charge in [0.15, 0.2) is 0 Å². The van der Waals surface area contributed by atoms with E-state index in [2.05, 4.69) is 5.10 Å². The van der Waals surface area contributed by atoms with Gasteiger partial charge in [0.2, 0.25) is 0 Å². The molecule has 0 aliphatic carbocycles. The molecule has 3 aromatic rings. The van der Waals surface area contributed by atoms with Crippen molar-refractivity contribution in [3.05, 3.63) is 75.3 Å². The Morgan fingerprint density at radius 3 is 2.33 bits per heavy atom. The zero-order chi connectivity index (χ0) is 17.4. The van der Waals surface area contributed by atoms with Gasteiger partial charge in [-0.2, -0.15) is 5.10 Å². The summed E-state index contributed by atoms with van der Waals surface area (Å²) in [7, 11) is 1.70. The summed E-state index contributed by atoms with van der Waals surface area (Å²) in [4.78, 5) is 0. The molecular formula is C17H11Cl2F3N2. The molecule has 2 aromatic carbocycles. The van der Waals surface area contributed by atoms with Crippen molar-refractivity contribution in [2.45, 2.75) is 6.42 Å². The second kappa shape index (κ2) is 6.49. The molecule has 0 atom stereocenters. The number of halogens is 5. The molecule has 0 radical (unpaired) electrons. The summed E-state index contributed by atoms with van der Waals surface area (Å²) in [5.41, 5.74) is 1.83. The fourth-order valence-electron chi connectivity index (χ4n) is 2.51. The summed E-state index contributed by atoms with van der Waals surface area (Å²) in [5, 5.41) is 4.49. The highest BCUT2D eigenvalue weighted by molar-refractivity contribution is 6.33. The molecule has 0 unspecified atom stereocenters. The fraction of sp³-hybridized carbons (Fsp3) is 0.118. The van der Waals surface area contributed by atoms with Crippen molar-refractivity contribution < 1.29 is 13.2 Å². The second-order valence-electron chi connectivity index (χ2n) is 5.31. The average molecular weight is 371 g/mol. The number of nitrogens with zero attached hydrogens (tertiary/aromatic N) is 2. The Kier molecular flexibility index (Phi) is 4.56. The molecule has 2 nitrogen and oxygen atoms in total. The van der Waals surface area contributed by atoms with Crippen LogP contribution in [-0.2, 0) is 13.5 Å². The second-order valence-corrected chi connectivity index (χ2v) is 6.13. The Bertz CT molecular complexity index is 899. The van der Waals surface area contributed by atoms with Crippen LogP contribution in [0.25, 0.3) is 11.1 Å². The van der Waals surface area contributed by atoms with Crippen LogP contribution in [0.15, 0.2) is 36.5 Å². The quantitative estimate of drug-likeness (QED) is 0.603. The largest absolute Gasteiger partial charge is 0.275 e. The lowest BCUT2D eigenvalue weighted by Crippen LogP contribution is -1.99. The summed E-state index contributed by atoms with van der Waals surface area (Å²) >= 11 is 12.1. The molecule has 1 heterocycles. The van der Waals surface area contributed by atoms with Crippen molar-refractivity contribution in [1.82, 2.24) is 9.78 Å². The molecule has 1 aromatic heterocycles. The smallest absolute Gasteiger partial charge is 0.131 e. The standard InChI is InChI=1S/C17H11Cl2F3N2/c1-24-8-13(11-3-2-9(20)4-14(11)18)17(23-24)7-12-15(19)5-10(21)6-16(12)22/h2-6,8H,7H2,1H3.